The standard InChI is InChI=1S/C18H16F2O2S/c1-23(21,22)18-9-8-13(11-17(18)20)16-7-3-6-15(16)12-4-2-5-14(19)10-12/h2,4-5,8-11H,3,6-7H2,1H3. The lowest BCUT2D eigenvalue weighted by molar-refractivity contribution is 0.570. The highest BCUT2D eigenvalue weighted by molar-refractivity contribution is 7.90. The van der Waals surface area contributed by atoms with Crippen molar-refractivity contribution < 1.29 is 17.2 Å². The zero-order valence-electron chi connectivity index (χ0n) is 12.6. The van der Waals surface area contributed by atoms with Gasteiger partial charge in [-0.1, -0.05) is 18.2 Å². The van der Waals surface area contributed by atoms with Gasteiger partial charge in [0.15, 0.2) is 9.84 Å². The molecule has 2 nitrogen and oxygen atoms in total. The molecule has 0 atom stereocenters. The van der Waals surface area contributed by atoms with Crippen molar-refractivity contribution in [2.24, 2.45) is 0 Å². The van der Waals surface area contributed by atoms with Gasteiger partial charge in [0.05, 0.1) is 0 Å². The second-order valence-corrected chi connectivity index (χ2v) is 7.72. The summed E-state index contributed by atoms with van der Waals surface area (Å²) < 4.78 is 50.6. The molecular formula is C18H16F2O2S. The third-order valence-corrected chi connectivity index (χ3v) is 5.20. The minimum atomic E-state index is -3.59. The maximum atomic E-state index is 14.1. The molecule has 3 rings (SSSR count). The van der Waals surface area contributed by atoms with Crippen LogP contribution < -0.4 is 0 Å². The highest BCUT2D eigenvalue weighted by Crippen LogP contribution is 2.40. The smallest absolute Gasteiger partial charge is 0.178 e. The van der Waals surface area contributed by atoms with Crippen molar-refractivity contribution in [2.75, 3.05) is 6.26 Å². The summed E-state index contributed by atoms with van der Waals surface area (Å²) in [7, 11) is -3.59. The highest BCUT2D eigenvalue weighted by atomic mass is 32.2. The van der Waals surface area contributed by atoms with Gasteiger partial charge in [0, 0.05) is 6.26 Å². The fourth-order valence-corrected chi connectivity index (χ4v) is 3.77. The summed E-state index contributed by atoms with van der Waals surface area (Å²) in [6, 6.07) is 10.5. The summed E-state index contributed by atoms with van der Waals surface area (Å²) in [6.07, 6.45) is 3.46. The molecule has 1 aliphatic carbocycles. The molecule has 0 N–H and O–H groups in total. The summed E-state index contributed by atoms with van der Waals surface area (Å²) in [5, 5.41) is 0. The molecule has 23 heavy (non-hydrogen) atoms. The fourth-order valence-electron chi connectivity index (χ4n) is 3.05. The third kappa shape index (κ3) is 3.20. The summed E-state index contributed by atoms with van der Waals surface area (Å²) >= 11 is 0. The van der Waals surface area contributed by atoms with E-state index in [1.165, 1.54) is 24.3 Å². The second-order valence-electron chi connectivity index (χ2n) is 5.74. The molecule has 0 spiro atoms. The average molecular weight is 334 g/mol. The Kier molecular flexibility index (Phi) is 4.06. The molecule has 0 saturated heterocycles. The zero-order chi connectivity index (χ0) is 16.6. The van der Waals surface area contributed by atoms with Gasteiger partial charge in [-0.05, 0) is 65.8 Å². The molecule has 2 aromatic rings. The van der Waals surface area contributed by atoms with E-state index in [1.54, 1.807) is 12.1 Å². The van der Waals surface area contributed by atoms with E-state index < -0.39 is 15.7 Å². The number of hydrogen-bond acceptors (Lipinski definition) is 2. The van der Waals surface area contributed by atoms with E-state index in [4.69, 9.17) is 0 Å². The van der Waals surface area contributed by atoms with E-state index >= 15 is 0 Å². The van der Waals surface area contributed by atoms with Crippen molar-refractivity contribution >= 4 is 21.0 Å². The monoisotopic (exact) mass is 334 g/mol. The first-order chi connectivity index (χ1) is 10.9. The predicted octanol–water partition coefficient (Wildman–Crippen LogP) is 4.46. The molecule has 0 aliphatic heterocycles. The van der Waals surface area contributed by atoms with Crippen molar-refractivity contribution in [1.82, 2.24) is 0 Å². The number of halogens is 2. The maximum absolute atomic E-state index is 14.1. The second kappa shape index (κ2) is 5.89. The lowest BCUT2D eigenvalue weighted by Gasteiger charge is -2.10. The predicted molar refractivity (Wildman–Crippen MR) is 86.6 cm³/mol. The van der Waals surface area contributed by atoms with E-state index in [-0.39, 0.29) is 10.7 Å². The average Bonchev–Trinajstić information content (AvgIpc) is 2.95. The van der Waals surface area contributed by atoms with Crippen LogP contribution >= 0.6 is 0 Å². The number of benzene rings is 2. The first kappa shape index (κ1) is 15.9. The van der Waals surface area contributed by atoms with Crippen LogP contribution in [-0.2, 0) is 9.84 Å². The van der Waals surface area contributed by atoms with Crippen molar-refractivity contribution in [1.29, 1.82) is 0 Å². The normalized spacial score (nSPS) is 15.3. The van der Waals surface area contributed by atoms with Crippen LogP contribution in [0.5, 0.6) is 0 Å². The van der Waals surface area contributed by atoms with Crippen molar-refractivity contribution in [3.63, 3.8) is 0 Å². The quantitative estimate of drug-likeness (QED) is 0.830. The molecule has 0 bridgehead atoms. The Morgan fingerprint density at radius 3 is 2.13 bits per heavy atom. The van der Waals surface area contributed by atoms with Crippen LogP contribution in [0.2, 0.25) is 0 Å². The molecule has 0 saturated carbocycles. The van der Waals surface area contributed by atoms with Gasteiger partial charge in [-0.2, -0.15) is 0 Å². The molecule has 1 aliphatic rings. The van der Waals surface area contributed by atoms with E-state index in [9.17, 15) is 17.2 Å². The lowest BCUT2D eigenvalue weighted by Crippen LogP contribution is -2.01. The Morgan fingerprint density at radius 1 is 0.913 bits per heavy atom. The van der Waals surface area contributed by atoms with Crippen molar-refractivity contribution in [3.05, 3.63) is 65.2 Å². The highest BCUT2D eigenvalue weighted by Gasteiger charge is 2.20. The number of rotatable bonds is 3. The van der Waals surface area contributed by atoms with E-state index in [2.05, 4.69) is 0 Å². The van der Waals surface area contributed by atoms with Crippen LogP contribution in [0.15, 0.2) is 47.4 Å². The Labute approximate surface area is 134 Å². The van der Waals surface area contributed by atoms with Crippen molar-refractivity contribution in [2.45, 2.75) is 24.2 Å². The first-order valence-corrected chi connectivity index (χ1v) is 9.23. The molecular weight excluding hydrogens is 318 g/mol. The van der Waals surface area contributed by atoms with Gasteiger partial charge in [0.25, 0.3) is 0 Å². The Bertz CT molecular complexity index is 899. The summed E-state index contributed by atoms with van der Waals surface area (Å²) in [5.41, 5.74) is 3.40. The summed E-state index contributed by atoms with van der Waals surface area (Å²) in [6.45, 7) is 0. The van der Waals surface area contributed by atoms with Gasteiger partial charge in [0.1, 0.15) is 16.5 Å². The van der Waals surface area contributed by atoms with Gasteiger partial charge < -0.3 is 0 Å². The van der Waals surface area contributed by atoms with Crippen LogP contribution in [0.4, 0.5) is 8.78 Å². The van der Waals surface area contributed by atoms with Crippen molar-refractivity contribution in [3.8, 4) is 0 Å². The molecule has 0 fully saturated rings. The summed E-state index contributed by atoms with van der Waals surface area (Å²) in [5.74, 6) is -1.05. The largest absolute Gasteiger partial charge is 0.224 e. The van der Waals surface area contributed by atoms with Gasteiger partial charge >= 0.3 is 0 Å². The number of sulfone groups is 1. The summed E-state index contributed by atoms with van der Waals surface area (Å²) in [4.78, 5) is -0.299. The topological polar surface area (TPSA) is 34.1 Å². The van der Waals surface area contributed by atoms with Crippen LogP contribution in [0.1, 0.15) is 30.4 Å². The third-order valence-electron chi connectivity index (χ3n) is 4.07. The van der Waals surface area contributed by atoms with E-state index in [0.29, 0.717) is 5.56 Å². The van der Waals surface area contributed by atoms with Crippen LogP contribution in [0.3, 0.4) is 0 Å². The SMILES string of the molecule is CS(=O)(=O)c1ccc(C2=C(c3cccc(F)c3)CCC2)cc1F. The molecule has 0 aromatic heterocycles. The molecule has 0 unspecified atom stereocenters. The molecule has 0 radical (unpaired) electrons. The molecule has 0 heterocycles. The zero-order valence-corrected chi connectivity index (χ0v) is 13.5. The van der Waals surface area contributed by atoms with E-state index in [0.717, 1.165) is 42.2 Å². The molecule has 0 amide bonds. The first-order valence-electron chi connectivity index (χ1n) is 7.34. The van der Waals surface area contributed by atoms with Gasteiger partial charge in [-0.25, -0.2) is 17.2 Å². The van der Waals surface area contributed by atoms with Gasteiger partial charge in [-0.3, -0.25) is 0 Å². The minimum absolute atomic E-state index is 0.299. The number of hydrogen-bond donors (Lipinski definition) is 0. The fraction of sp³-hybridized carbons (Fsp3) is 0.222. The lowest BCUT2D eigenvalue weighted by atomic mass is 9.97. The van der Waals surface area contributed by atoms with Crippen LogP contribution in [0, 0.1) is 11.6 Å². The van der Waals surface area contributed by atoms with Gasteiger partial charge in [-0.15, -0.1) is 0 Å². The van der Waals surface area contributed by atoms with Crippen LogP contribution in [-0.4, -0.2) is 14.7 Å². The van der Waals surface area contributed by atoms with Gasteiger partial charge in [0.2, 0.25) is 0 Å². The molecule has 5 heteroatoms. The Hall–Kier alpha value is -2.01. The maximum Gasteiger partial charge on any atom is 0.178 e. The molecule has 2 aromatic carbocycles. The molecule has 120 valence electrons. The minimum Gasteiger partial charge on any atom is -0.224 e. The van der Waals surface area contributed by atoms with Crippen LogP contribution in [0.25, 0.3) is 11.1 Å². The van der Waals surface area contributed by atoms with E-state index in [1.807, 2.05) is 6.07 Å². The Balaban J connectivity index is 2.10. The number of allylic oxidation sites excluding steroid dienone is 2. The Morgan fingerprint density at radius 2 is 1.57 bits per heavy atom.